The zero-order chi connectivity index (χ0) is 12.2. The summed E-state index contributed by atoms with van der Waals surface area (Å²) in [6, 6.07) is 7.65. The van der Waals surface area contributed by atoms with E-state index in [1.165, 1.54) is 0 Å². The molecule has 3 nitrogen and oxygen atoms in total. The Balaban J connectivity index is 2.98. The van der Waals surface area contributed by atoms with E-state index < -0.39 is 0 Å². The van der Waals surface area contributed by atoms with E-state index in [1.54, 1.807) is 14.2 Å². The zero-order valence-corrected chi connectivity index (χ0v) is 10.5. The maximum Gasteiger partial charge on any atom is 0.119 e. The van der Waals surface area contributed by atoms with E-state index in [4.69, 9.17) is 15.2 Å². The number of rotatable bonds is 5. The van der Waals surface area contributed by atoms with Crippen molar-refractivity contribution in [1.29, 1.82) is 0 Å². The summed E-state index contributed by atoms with van der Waals surface area (Å²) in [5, 5.41) is 0. The Kier molecular flexibility index (Phi) is 4.33. The molecule has 2 atom stereocenters. The van der Waals surface area contributed by atoms with Crippen molar-refractivity contribution in [3.8, 4) is 5.75 Å². The van der Waals surface area contributed by atoms with Crippen LogP contribution in [0.3, 0.4) is 0 Å². The van der Waals surface area contributed by atoms with Crippen LogP contribution in [0.1, 0.15) is 31.9 Å². The van der Waals surface area contributed by atoms with Crippen molar-refractivity contribution in [2.45, 2.75) is 31.9 Å². The zero-order valence-electron chi connectivity index (χ0n) is 10.5. The smallest absolute Gasteiger partial charge is 0.119 e. The van der Waals surface area contributed by atoms with Gasteiger partial charge < -0.3 is 15.2 Å². The maximum absolute atomic E-state index is 6.24. The maximum atomic E-state index is 6.24. The lowest BCUT2D eigenvalue weighted by molar-refractivity contribution is -0.0195. The van der Waals surface area contributed by atoms with Crippen molar-refractivity contribution in [3.63, 3.8) is 0 Å². The Hall–Kier alpha value is -1.06. The lowest BCUT2D eigenvalue weighted by Crippen LogP contribution is -2.39. The van der Waals surface area contributed by atoms with Gasteiger partial charge in [-0.05, 0) is 31.0 Å². The third kappa shape index (κ3) is 2.54. The Morgan fingerprint density at radius 3 is 2.56 bits per heavy atom. The average Bonchev–Trinajstić information content (AvgIpc) is 2.37. The van der Waals surface area contributed by atoms with Gasteiger partial charge in [0.2, 0.25) is 0 Å². The van der Waals surface area contributed by atoms with E-state index in [-0.39, 0.29) is 11.6 Å². The molecule has 2 unspecified atom stereocenters. The minimum atomic E-state index is -0.341. The highest BCUT2D eigenvalue weighted by Gasteiger charge is 2.30. The van der Waals surface area contributed by atoms with E-state index in [1.807, 2.05) is 31.2 Å². The first-order chi connectivity index (χ1) is 7.57. The fraction of sp³-hybridized carbons (Fsp3) is 0.538. The predicted octanol–water partition coefficient (Wildman–Crippen LogP) is 2.51. The molecule has 0 radical (unpaired) electrons. The average molecular weight is 223 g/mol. The minimum absolute atomic E-state index is 0.155. The highest BCUT2D eigenvalue weighted by atomic mass is 16.5. The van der Waals surface area contributed by atoms with Crippen molar-refractivity contribution in [2.24, 2.45) is 5.73 Å². The summed E-state index contributed by atoms with van der Waals surface area (Å²) in [6.45, 7) is 4.10. The standard InChI is InChI=1S/C13H21NO2/c1-5-13(2,16-4)12(14)10-7-6-8-11(9-10)15-3/h6-9,12H,5,14H2,1-4H3. The molecule has 0 heterocycles. The van der Waals surface area contributed by atoms with Gasteiger partial charge >= 0.3 is 0 Å². The predicted molar refractivity (Wildman–Crippen MR) is 65.6 cm³/mol. The summed E-state index contributed by atoms with van der Waals surface area (Å²) in [5.41, 5.74) is 6.93. The first-order valence-electron chi connectivity index (χ1n) is 5.52. The van der Waals surface area contributed by atoms with Crippen LogP contribution >= 0.6 is 0 Å². The SMILES string of the molecule is CCC(C)(OC)C(N)c1cccc(OC)c1. The molecular formula is C13H21NO2. The van der Waals surface area contributed by atoms with Crippen LogP contribution in [0.15, 0.2) is 24.3 Å². The molecule has 1 rings (SSSR count). The first-order valence-corrected chi connectivity index (χ1v) is 5.52. The fourth-order valence-electron chi connectivity index (χ4n) is 1.68. The van der Waals surface area contributed by atoms with Crippen LogP contribution in [0.4, 0.5) is 0 Å². The van der Waals surface area contributed by atoms with Crippen LogP contribution in [-0.2, 0) is 4.74 Å². The second-order valence-electron chi connectivity index (χ2n) is 4.12. The van der Waals surface area contributed by atoms with E-state index >= 15 is 0 Å². The van der Waals surface area contributed by atoms with E-state index in [9.17, 15) is 0 Å². The third-order valence-electron chi connectivity index (χ3n) is 3.28. The highest BCUT2D eigenvalue weighted by molar-refractivity contribution is 5.31. The van der Waals surface area contributed by atoms with Crippen molar-refractivity contribution in [2.75, 3.05) is 14.2 Å². The molecule has 0 aliphatic heterocycles. The lowest BCUT2D eigenvalue weighted by Gasteiger charge is -2.33. The topological polar surface area (TPSA) is 44.5 Å². The summed E-state index contributed by atoms with van der Waals surface area (Å²) in [5.74, 6) is 0.822. The summed E-state index contributed by atoms with van der Waals surface area (Å²) in [4.78, 5) is 0. The Morgan fingerprint density at radius 2 is 2.06 bits per heavy atom. The summed E-state index contributed by atoms with van der Waals surface area (Å²) < 4.78 is 10.7. The number of ether oxygens (including phenoxy) is 2. The van der Waals surface area contributed by atoms with Crippen molar-refractivity contribution in [1.82, 2.24) is 0 Å². The molecule has 2 N–H and O–H groups in total. The number of benzene rings is 1. The van der Waals surface area contributed by atoms with Crippen molar-refractivity contribution >= 4 is 0 Å². The number of methoxy groups -OCH3 is 2. The lowest BCUT2D eigenvalue weighted by atomic mass is 9.88. The van der Waals surface area contributed by atoms with Crippen LogP contribution in [-0.4, -0.2) is 19.8 Å². The Bertz CT molecular complexity index is 334. The molecule has 1 aromatic carbocycles. The van der Waals surface area contributed by atoms with Gasteiger partial charge in [-0.1, -0.05) is 19.1 Å². The molecule has 0 saturated heterocycles. The monoisotopic (exact) mass is 223 g/mol. The molecular weight excluding hydrogens is 202 g/mol. The molecule has 0 amide bonds. The Labute approximate surface area is 97.6 Å². The van der Waals surface area contributed by atoms with E-state index in [0.717, 1.165) is 17.7 Å². The minimum Gasteiger partial charge on any atom is -0.497 e. The van der Waals surface area contributed by atoms with Gasteiger partial charge in [0.1, 0.15) is 5.75 Å². The van der Waals surface area contributed by atoms with Crippen LogP contribution < -0.4 is 10.5 Å². The highest BCUT2D eigenvalue weighted by Crippen LogP contribution is 2.30. The van der Waals surface area contributed by atoms with Crippen molar-refractivity contribution in [3.05, 3.63) is 29.8 Å². The summed E-state index contributed by atoms with van der Waals surface area (Å²) in [6.07, 6.45) is 0.863. The first kappa shape index (κ1) is 13.0. The van der Waals surface area contributed by atoms with Gasteiger partial charge in [0.15, 0.2) is 0 Å². The largest absolute Gasteiger partial charge is 0.497 e. The Morgan fingerprint density at radius 1 is 1.38 bits per heavy atom. The molecule has 0 bridgehead atoms. The molecule has 0 aliphatic carbocycles. The molecule has 0 aliphatic rings. The number of hydrogen-bond acceptors (Lipinski definition) is 3. The normalized spacial score (nSPS) is 16.6. The molecule has 3 heteroatoms. The van der Waals surface area contributed by atoms with Gasteiger partial charge in [-0.3, -0.25) is 0 Å². The van der Waals surface area contributed by atoms with Crippen LogP contribution in [0, 0.1) is 0 Å². The molecule has 1 aromatic rings. The molecule has 0 aromatic heterocycles. The number of hydrogen-bond donors (Lipinski definition) is 1. The van der Waals surface area contributed by atoms with E-state index in [2.05, 4.69) is 6.92 Å². The van der Waals surface area contributed by atoms with Gasteiger partial charge in [0, 0.05) is 7.11 Å². The molecule has 0 saturated carbocycles. The van der Waals surface area contributed by atoms with Crippen LogP contribution in [0.2, 0.25) is 0 Å². The van der Waals surface area contributed by atoms with Crippen LogP contribution in [0.5, 0.6) is 5.75 Å². The fourth-order valence-corrected chi connectivity index (χ4v) is 1.68. The van der Waals surface area contributed by atoms with Crippen molar-refractivity contribution < 1.29 is 9.47 Å². The van der Waals surface area contributed by atoms with Gasteiger partial charge in [-0.15, -0.1) is 0 Å². The summed E-state index contributed by atoms with van der Waals surface area (Å²) in [7, 11) is 3.35. The van der Waals surface area contributed by atoms with Gasteiger partial charge in [-0.2, -0.15) is 0 Å². The van der Waals surface area contributed by atoms with Gasteiger partial charge in [-0.25, -0.2) is 0 Å². The number of nitrogens with two attached hydrogens (primary N) is 1. The summed E-state index contributed by atoms with van der Waals surface area (Å²) >= 11 is 0. The third-order valence-corrected chi connectivity index (χ3v) is 3.28. The van der Waals surface area contributed by atoms with Gasteiger partial charge in [0.05, 0.1) is 18.8 Å². The molecule has 0 spiro atoms. The van der Waals surface area contributed by atoms with Gasteiger partial charge in [0.25, 0.3) is 0 Å². The molecule has 90 valence electrons. The second kappa shape index (κ2) is 5.32. The van der Waals surface area contributed by atoms with Crippen LogP contribution in [0.25, 0.3) is 0 Å². The quantitative estimate of drug-likeness (QED) is 0.834. The molecule has 16 heavy (non-hydrogen) atoms. The second-order valence-corrected chi connectivity index (χ2v) is 4.12. The molecule has 0 fully saturated rings. The van der Waals surface area contributed by atoms with E-state index in [0.29, 0.717) is 0 Å².